The molecule has 5 heteroatoms. The van der Waals surface area contributed by atoms with Crippen molar-refractivity contribution in [2.45, 2.75) is 18.6 Å². The lowest BCUT2D eigenvalue weighted by atomic mass is 9.75. The second kappa shape index (κ2) is 6.57. The zero-order valence-corrected chi connectivity index (χ0v) is 18.9. The summed E-state index contributed by atoms with van der Waals surface area (Å²) in [7, 11) is -3.59. The van der Waals surface area contributed by atoms with E-state index in [1.807, 2.05) is 80.6 Å². The smallest absolute Gasteiger partial charge is 0.189 e. The Labute approximate surface area is 176 Å². The van der Waals surface area contributed by atoms with E-state index in [2.05, 4.69) is 31.9 Å². The summed E-state index contributed by atoms with van der Waals surface area (Å²) in [6, 6.07) is 19.3. The van der Waals surface area contributed by atoms with Gasteiger partial charge in [-0.2, -0.15) is 0 Å². The van der Waals surface area contributed by atoms with Crippen LogP contribution in [0.25, 0.3) is 10.5 Å². The SMILES string of the molecule is CC1=CC(Br)=C(c2ccccc2)C2C(Br)=C(c3ccccc3)S(=O)(=O)C12C. The molecular formula is C22H18Br2O2S. The summed E-state index contributed by atoms with van der Waals surface area (Å²) in [6.07, 6.45) is 1.95. The Morgan fingerprint density at radius 3 is 1.96 bits per heavy atom. The fourth-order valence-corrected chi connectivity index (χ4v) is 8.85. The van der Waals surface area contributed by atoms with Gasteiger partial charge in [-0.15, -0.1) is 0 Å². The topological polar surface area (TPSA) is 34.1 Å². The lowest BCUT2D eigenvalue weighted by Crippen LogP contribution is -2.42. The minimum absolute atomic E-state index is 0.306. The second-order valence-corrected chi connectivity index (χ2v) is 11.0. The molecule has 0 bridgehead atoms. The molecule has 0 radical (unpaired) electrons. The number of allylic oxidation sites excluding steroid dienone is 4. The fraction of sp³-hybridized carbons (Fsp3) is 0.182. The molecule has 1 aliphatic heterocycles. The number of benzene rings is 2. The summed E-state index contributed by atoms with van der Waals surface area (Å²) in [6.45, 7) is 3.75. The van der Waals surface area contributed by atoms with Crippen molar-refractivity contribution in [1.29, 1.82) is 0 Å². The summed E-state index contributed by atoms with van der Waals surface area (Å²) < 4.78 is 28.2. The molecule has 2 aromatic carbocycles. The minimum atomic E-state index is -3.59. The molecule has 0 spiro atoms. The summed E-state index contributed by atoms with van der Waals surface area (Å²) in [5, 5.41) is 0. The molecule has 2 atom stereocenters. The summed E-state index contributed by atoms with van der Waals surface area (Å²) in [5.74, 6) is -0.306. The highest BCUT2D eigenvalue weighted by atomic mass is 79.9. The maximum Gasteiger partial charge on any atom is 0.189 e. The zero-order chi connectivity index (χ0) is 19.4. The normalized spacial score (nSPS) is 26.8. The third-order valence-electron chi connectivity index (χ3n) is 5.64. The number of sulfone groups is 1. The third-order valence-corrected chi connectivity index (χ3v) is 10.1. The van der Waals surface area contributed by atoms with Crippen molar-refractivity contribution in [3.8, 4) is 0 Å². The first-order valence-electron chi connectivity index (χ1n) is 8.63. The lowest BCUT2D eigenvalue weighted by Gasteiger charge is -2.37. The molecule has 27 heavy (non-hydrogen) atoms. The van der Waals surface area contributed by atoms with Gasteiger partial charge >= 0.3 is 0 Å². The van der Waals surface area contributed by atoms with Gasteiger partial charge in [-0.1, -0.05) is 98.1 Å². The first kappa shape index (κ1) is 18.9. The van der Waals surface area contributed by atoms with Crippen LogP contribution >= 0.6 is 31.9 Å². The van der Waals surface area contributed by atoms with Crippen molar-refractivity contribution >= 4 is 52.2 Å². The average molecular weight is 506 g/mol. The average Bonchev–Trinajstić information content (AvgIpc) is 2.81. The predicted molar refractivity (Wildman–Crippen MR) is 119 cm³/mol. The van der Waals surface area contributed by atoms with Gasteiger partial charge in [-0.3, -0.25) is 0 Å². The summed E-state index contributed by atoms with van der Waals surface area (Å²) in [4.78, 5) is 0.388. The van der Waals surface area contributed by atoms with Crippen molar-refractivity contribution in [2.75, 3.05) is 0 Å². The van der Waals surface area contributed by atoms with E-state index in [4.69, 9.17) is 0 Å². The largest absolute Gasteiger partial charge is 0.223 e. The molecule has 0 saturated heterocycles. The quantitative estimate of drug-likeness (QED) is 0.478. The Kier molecular flexibility index (Phi) is 4.60. The van der Waals surface area contributed by atoms with Gasteiger partial charge in [0.05, 0.1) is 4.91 Å². The van der Waals surface area contributed by atoms with Gasteiger partial charge in [0.25, 0.3) is 0 Å². The summed E-state index contributed by atoms with van der Waals surface area (Å²) >= 11 is 7.40. The molecule has 4 rings (SSSR count). The van der Waals surface area contributed by atoms with E-state index in [0.29, 0.717) is 4.91 Å². The van der Waals surface area contributed by atoms with E-state index in [1.54, 1.807) is 0 Å². The van der Waals surface area contributed by atoms with Gasteiger partial charge in [0.2, 0.25) is 0 Å². The fourth-order valence-electron chi connectivity index (χ4n) is 4.06. The Morgan fingerprint density at radius 1 is 0.889 bits per heavy atom. The van der Waals surface area contributed by atoms with E-state index in [0.717, 1.165) is 31.2 Å². The Hall–Kier alpha value is -1.43. The first-order valence-corrected chi connectivity index (χ1v) is 11.7. The number of halogens is 2. The van der Waals surface area contributed by atoms with Crippen LogP contribution in [-0.2, 0) is 9.84 Å². The molecule has 1 aliphatic carbocycles. The van der Waals surface area contributed by atoms with Crippen molar-refractivity contribution in [2.24, 2.45) is 5.92 Å². The Bertz CT molecular complexity index is 1110. The highest BCUT2D eigenvalue weighted by molar-refractivity contribution is 9.12. The van der Waals surface area contributed by atoms with Crippen LogP contribution in [0.4, 0.5) is 0 Å². The molecule has 2 aromatic rings. The van der Waals surface area contributed by atoms with Gasteiger partial charge in [-0.05, 0) is 36.6 Å². The molecule has 2 aliphatic rings. The molecule has 138 valence electrons. The van der Waals surface area contributed by atoms with Crippen LogP contribution < -0.4 is 0 Å². The summed E-state index contributed by atoms with van der Waals surface area (Å²) in [5.41, 5.74) is 3.56. The first-order chi connectivity index (χ1) is 12.8. The van der Waals surface area contributed by atoms with Crippen molar-refractivity contribution in [3.63, 3.8) is 0 Å². The van der Waals surface area contributed by atoms with Gasteiger partial charge < -0.3 is 0 Å². The van der Waals surface area contributed by atoms with Crippen LogP contribution in [0, 0.1) is 5.92 Å². The molecule has 2 unspecified atom stereocenters. The maximum absolute atomic E-state index is 13.8. The molecular weight excluding hydrogens is 488 g/mol. The van der Waals surface area contributed by atoms with Crippen molar-refractivity contribution < 1.29 is 8.42 Å². The Morgan fingerprint density at radius 2 is 1.41 bits per heavy atom. The highest BCUT2D eigenvalue weighted by Gasteiger charge is 2.59. The molecule has 0 aromatic heterocycles. The van der Waals surface area contributed by atoms with Crippen LogP contribution in [0.5, 0.6) is 0 Å². The molecule has 0 saturated carbocycles. The highest BCUT2D eigenvalue weighted by Crippen LogP contribution is 2.61. The van der Waals surface area contributed by atoms with Gasteiger partial charge in [-0.25, -0.2) is 8.42 Å². The molecule has 2 nitrogen and oxygen atoms in total. The van der Waals surface area contributed by atoms with Gasteiger partial charge in [0, 0.05) is 14.9 Å². The van der Waals surface area contributed by atoms with E-state index in [-0.39, 0.29) is 5.92 Å². The standard InChI is InChI=1S/C22H18Br2O2S/c1-14-13-17(23)18(15-9-5-3-6-10-15)19-20(24)21(16-11-7-4-8-12-16)27(25,26)22(14,19)2/h3-13,19H,1-2H3. The number of hydrogen-bond donors (Lipinski definition) is 0. The maximum atomic E-state index is 13.8. The second-order valence-electron chi connectivity index (χ2n) is 7.04. The van der Waals surface area contributed by atoms with Crippen LogP contribution in [0.3, 0.4) is 0 Å². The Balaban J connectivity index is 2.06. The van der Waals surface area contributed by atoms with Gasteiger partial charge in [0.15, 0.2) is 9.84 Å². The number of hydrogen-bond acceptors (Lipinski definition) is 2. The lowest BCUT2D eigenvalue weighted by molar-refractivity contribution is 0.544. The predicted octanol–water partition coefficient (Wildman–Crippen LogP) is 6.32. The van der Waals surface area contributed by atoms with E-state index in [9.17, 15) is 8.42 Å². The number of fused-ring (bicyclic) bond motifs is 1. The molecule has 0 N–H and O–H groups in total. The molecule has 0 amide bonds. The van der Waals surface area contributed by atoms with E-state index >= 15 is 0 Å². The molecule has 0 fully saturated rings. The van der Waals surface area contributed by atoms with E-state index < -0.39 is 14.6 Å². The minimum Gasteiger partial charge on any atom is -0.223 e. The van der Waals surface area contributed by atoms with Crippen LogP contribution in [-0.4, -0.2) is 13.2 Å². The number of rotatable bonds is 2. The monoisotopic (exact) mass is 504 g/mol. The van der Waals surface area contributed by atoms with Gasteiger partial charge in [0.1, 0.15) is 4.75 Å². The van der Waals surface area contributed by atoms with Crippen molar-refractivity contribution in [1.82, 2.24) is 0 Å². The third kappa shape index (κ3) is 2.59. The molecule has 1 heterocycles. The zero-order valence-electron chi connectivity index (χ0n) is 14.9. The van der Waals surface area contributed by atoms with E-state index in [1.165, 1.54) is 0 Å². The van der Waals surface area contributed by atoms with Crippen LogP contribution in [0.1, 0.15) is 25.0 Å². The van der Waals surface area contributed by atoms with Crippen LogP contribution in [0.15, 0.2) is 81.3 Å². The van der Waals surface area contributed by atoms with Crippen molar-refractivity contribution in [3.05, 3.63) is 92.4 Å². The van der Waals surface area contributed by atoms with Crippen LogP contribution in [0.2, 0.25) is 0 Å².